The van der Waals surface area contributed by atoms with E-state index in [9.17, 15) is 5.11 Å². The Morgan fingerprint density at radius 2 is 2.05 bits per heavy atom. The maximum Gasteiger partial charge on any atom is 0.216 e. The van der Waals surface area contributed by atoms with E-state index in [0.29, 0.717) is 5.88 Å². The zero-order valence-electron chi connectivity index (χ0n) is 11.2. The molecule has 1 saturated heterocycles. The van der Waals surface area contributed by atoms with E-state index < -0.39 is 6.10 Å². The van der Waals surface area contributed by atoms with Crippen molar-refractivity contribution in [3.63, 3.8) is 0 Å². The summed E-state index contributed by atoms with van der Waals surface area (Å²) in [4.78, 5) is 6.70. The fourth-order valence-corrected chi connectivity index (χ4v) is 2.31. The highest BCUT2D eigenvalue weighted by molar-refractivity contribution is 14.1. The Hall–Kier alpha value is -0.600. The lowest BCUT2D eigenvalue weighted by Crippen LogP contribution is -2.37. The lowest BCUT2D eigenvalue weighted by molar-refractivity contribution is 0.0574. The van der Waals surface area contributed by atoms with Gasteiger partial charge >= 0.3 is 0 Å². The summed E-state index contributed by atoms with van der Waals surface area (Å²) in [6.45, 7) is 6.69. The first kappa shape index (κ1) is 14.8. The van der Waals surface area contributed by atoms with Gasteiger partial charge < -0.3 is 19.5 Å². The summed E-state index contributed by atoms with van der Waals surface area (Å²) < 4.78 is 12.1. The van der Waals surface area contributed by atoms with Crippen LogP contribution in [0.25, 0.3) is 0 Å². The average molecular weight is 378 g/mol. The van der Waals surface area contributed by atoms with E-state index in [4.69, 9.17) is 9.47 Å². The van der Waals surface area contributed by atoms with Gasteiger partial charge in [0, 0.05) is 22.7 Å². The maximum absolute atomic E-state index is 9.49. The minimum Gasteiger partial charge on any atom is -0.472 e. The molecule has 2 heterocycles. The molecule has 1 fully saturated rings. The van der Waals surface area contributed by atoms with Gasteiger partial charge in [0.05, 0.1) is 19.3 Å². The third kappa shape index (κ3) is 4.19. The van der Waals surface area contributed by atoms with Gasteiger partial charge in [-0.05, 0) is 42.5 Å². The lowest BCUT2D eigenvalue weighted by Gasteiger charge is -2.28. The molecule has 1 aromatic rings. The monoisotopic (exact) mass is 378 g/mol. The van der Waals surface area contributed by atoms with Gasteiger partial charge in [0.15, 0.2) is 0 Å². The third-order valence-electron chi connectivity index (χ3n) is 3.07. The van der Waals surface area contributed by atoms with Crippen molar-refractivity contribution in [1.29, 1.82) is 0 Å². The molecule has 1 aliphatic rings. The Morgan fingerprint density at radius 3 is 2.68 bits per heavy atom. The first-order chi connectivity index (χ1) is 9.06. The van der Waals surface area contributed by atoms with Gasteiger partial charge in [0.25, 0.3) is 0 Å². The Bertz CT molecular complexity index is 422. The fraction of sp³-hybridized carbons (Fsp3) is 0.615. The highest BCUT2D eigenvalue weighted by Gasteiger charge is 2.16. The number of hydrogen-bond acceptors (Lipinski definition) is 5. The van der Waals surface area contributed by atoms with E-state index in [1.807, 2.05) is 19.1 Å². The van der Waals surface area contributed by atoms with Gasteiger partial charge in [-0.2, -0.15) is 4.98 Å². The molecule has 0 bridgehead atoms. The van der Waals surface area contributed by atoms with Crippen molar-refractivity contribution in [1.82, 2.24) is 4.98 Å². The Labute approximate surface area is 127 Å². The van der Waals surface area contributed by atoms with E-state index in [-0.39, 0.29) is 6.10 Å². The van der Waals surface area contributed by atoms with Gasteiger partial charge in [-0.15, -0.1) is 0 Å². The summed E-state index contributed by atoms with van der Waals surface area (Å²) in [7, 11) is 0. The molecule has 2 rings (SSSR count). The number of ether oxygens (including phenoxy) is 2. The molecule has 0 aliphatic carbocycles. The van der Waals surface area contributed by atoms with Gasteiger partial charge in [0.1, 0.15) is 11.9 Å². The second-order valence-electron chi connectivity index (χ2n) is 4.64. The van der Waals surface area contributed by atoms with Crippen LogP contribution < -0.4 is 9.64 Å². The van der Waals surface area contributed by atoms with Crippen LogP contribution in [0.15, 0.2) is 12.1 Å². The van der Waals surface area contributed by atoms with Crippen LogP contribution in [0.2, 0.25) is 0 Å². The number of aliphatic hydroxyl groups excluding tert-OH is 1. The van der Waals surface area contributed by atoms with Crippen LogP contribution in [0, 0.1) is 3.57 Å². The number of anilines is 1. The molecular weight excluding hydrogens is 359 g/mol. The van der Waals surface area contributed by atoms with Crippen molar-refractivity contribution in [2.75, 3.05) is 31.2 Å². The van der Waals surface area contributed by atoms with Crippen LogP contribution in [0.5, 0.6) is 5.88 Å². The lowest BCUT2D eigenvalue weighted by atomic mass is 10.2. The number of hydrogen-bond donors (Lipinski definition) is 1. The molecule has 2 atom stereocenters. The second kappa shape index (κ2) is 6.71. The first-order valence-electron chi connectivity index (χ1n) is 6.41. The summed E-state index contributed by atoms with van der Waals surface area (Å²) in [5.74, 6) is 1.46. The maximum atomic E-state index is 9.49. The van der Waals surface area contributed by atoms with Crippen molar-refractivity contribution in [3.8, 4) is 5.88 Å². The van der Waals surface area contributed by atoms with E-state index in [1.165, 1.54) is 0 Å². The highest BCUT2D eigenvalue weighted by Crippen LogP contribution is 2.22. The molecule has 106 valence electrons. The van der Waals surface area contributed by atoms with Crippen molar-refractivity contribution in [2.45, 2.75) is 26.1 Å². The van der Waals surface area contributed by atoms with Crippen LogP contribution in [0.3, 0.4) is 0 Å². The van der Waals surface area contributed by atoms with Crippen LogP contribution in [0.1, 0.15) is 13.8 Å². The van der Waals surface area contributed by atoms with Gasteiger partial charge in [-0.1, -0.05) is 0 Å². The van der Waals surface area contributed by atoms with Gasteiger partial charge in [0.2, 0.25) is 5.88 Å². The van der Waals surface area contributed by atoms with Crippen LogP contribution in [-0.2, 0) is 4.74 Å². The molecule has 0 saturated carbocycles. The zero-order valence-corrected chi connectivity index (χ0v) is 13.3. The Kier molecular flexibility index (Phi) is 5.23. The largest absolute Gasteiger partial charge is 0.472 e. The minimum atomic E-state index is -0.522. The zero-order chi connectivity index (χ0) is 13.8. The van der Waals surface area contributed by atoms with Crippen molar-refractivity contribution in [3.05, 3.63) is 15.7 Å². The smallest absolute Gasteiger partial charge is 0.216 e. The minimum absolute atomic E-state index is 0.275. The number of aromatic nitrogens is 1. The fourth-order valence-electron chi connectivity index (χ4n) is 1.76. The van der Waals surface area contributed by atoms with E-state index >= 15 is 0 Å². The van der Waals surface area contributed by atoms with E-state index in [2.05, 4.69) is 32.5 Å². The van der Waals surface area contributed by atoms with Gasteiger partial charge in [-0.3, -0.25) is 0 Å². The average Bonchev–Trinajstić information content (AvgIpc) is 2.39. The normalized spacial score (nSPS) is 19.1. The molecule has 1 aliphatic heterocycles. The predicted octanol–water partition coefficient (Wildman–Crippen LogP) is 1.67. The Morgan fingerprint density at radius 1 is 1.37 bits per heavy atom. The molecule has 1 N–H and O–H groups in total. The molecule has 0 radical (unpaired) electrons. The standard InChI is InChI=1S/C13H19IN2O3/c1-9(17)10(2)19-13-8-11(14)7-12(15-13)16-3-5-18-6-4-16/h7-10,17H,3-6H2,1-2H3/t9-,10-/m1/s1. The number of aliphatic hydroxyl groups is 1. The molecule has 0 unspecified atom stereocenters. The number of pyridine rings is 1. The topological polar surface area (TPSA) is 54.8 Å². The summed E-state index contributed by atoms with van der Waals surface area (Å²) in [5.41, 5.74) is 0. The quantitative estimate of drug-likeness (QED) is 0.808. The number of halogens is 1. The number of morpholine rings is 1. The second-order valence-corrected chi connectivity index (χ2v) is 5.89. The van der Waals surface area contributed by atoms with Crippen LogP contribution in [0.4, 0.5) is 5.82 Å². The summed E-state index contributed by atoms with van der Waals surface area (Å²) >= 11 is 2.25. The molecule has 6 heteroatoms. The van der Waals surface area contributed by atoms with Crippen molar-refractivity contribution < 1.29 is 14.6 Å². The molecule has 19 heavy (non-hydrogen) atoms. The molecule has 0 amide bonds. The SMILES string of the molecule is C[C@@H](O)[C@@H](C)Oc1cc(I)cc(N2CCOCC2)n1. The van der Waals surface area contributed by atoms with E-state index in [1.54, 1.807) is 6.92 Å². The molecular formula is C13H19IN2O3. The predicted molar refractivity (Wildman–Crippen MR) is 81.8 cm³/mol. The Balaban J connectivity index is 2.14. The van der Waals surface area contributed by atoms with Crippen molar-refractivity contribution in [2.24, 2.45) is 0 Å². The van der Waals surface area contributed by atoms with Crippen LogP contribution >= 0.6 is 22.6 Å². The highest BCUT2D eigenvalue weighted by atomic mass is 127. The summed E-state index contributed by atoms with van der Waals surface area (Å²) in [5, 5.41) is 9.49. The number of nitrogens with zero attached hydrogens (tertiary/aromatic N) is 2. The van der Waals surface area contributed by atoms with Crippen LogP contribution in [-0.4, -0.2) is 48.6 Å². The first-order valence-corrected chi connectivity index (χ1v) is 7.49. The molecule has 0 aromatic carbocycles. The molecule has 1 aromatic heterocycles. The van der Waals surface area contributed by atoms with Gasteiger partial charge in [-0.25, -0.2) is 0 Å². The molecule has 5 nitrogen and oxygen atoms in total. The van der Waals surface area contributed by atoms with Crippen molar-refractivity contribution >= 4 is 28.4 Å². The summed E-state index contributed by atoms with van der Waals surface area (Å²) in [6, 6.07) is 3.91. The van der Waals surface area contributed by atoms with E-state index in [0.717, 1.165) is 35.7 Å². The molecule has 0 spiro atoms. The summed E-state index contributed by atoms with van der Waals surface area (Å²) in [6.07, 6.45) is -0.797. The number of rotatable bonds is 4. The third-order valence-corrected chi connectivity index (χ3v) is 3.70.